The molecule has 1 fully saturated rings. The van der Waals surface area contributed by atoms with Gasteiger partial charge in [0.1, 0.15) is 5.82 Å². The van der Waals surface area contributed by atoms with Crippen LogP contribution in [0.15, 0.2) is 18.2 Å². The van der Waals surface area contributed by atoms with Crippen LogP contribution in [0.1, 0.15) is 35.7 Å². The van der Waals surface area contributed by atoms with Crippen molar-refractivity contribution in [2.75, 3.05) is 0 Å². The number of benzene rings is 1. The second kappa shape index (κ2) is 3.76. The van der Waals surface area contributed by atoms with Crippen LogP contribution in [0, 0.1) is 24.6 Å². The quantitative estimate of drug-likeness (QED) is 0.693. The zero-order chi connectivity index (χ0) is 11.0. The van der Waals surface area contributed by atoms with Gasteiger partial charge in [-0.15, -0.1) is 0 Å². The molecule has 0 aromatic heterocycles. The molecule has 2 atom stereocenters. The molecule has 1 saturated carbocycles. The average Bonchev–Trinajstić information content (AvgIpc) is 3.00. The fourth-order valence-corrected chi connectivity index (χ4v) is 2.08. The molecule has 15 heavy (non-hydrogen) atoms. The first kappa shape index (κ1) is 10.3. The Hall–Kier alpha value is -1.18. The Morgan fingerprint density at radius 2 is 2.27 bits per heavy atom. The first-order chi connectivity index (χ1) is 7.13. The number of aryl methyl sites for hydroxylation is 1. The summed E-state index contributed by atoms with van der Waals surface area (Å²) in [7, 11) is 0. The Labute approximate surface area is 89.3 Å². The van der Waals surface area contributed by atoms with E-state index >= 15 is 0 Å². The topological polar surface area (TPSA) is 17.1 Å². The maximum atomic E-state index is 13.0. The Balaban J connectivity index is 2.22. The summed E-state index contributed by atoms with van der Waals surface area (Å²) >= 11 is 0. The molecule has 0 heterocycles. The van der Waals surface area contributed by atoms with Crippen LogP contribution in [0.3, 0.4) is 0 Å². The van der Waals surface area contributed by atoms with E-state index in [0.717, 1.165) is 18.4 Å². The molecule has 0 amide bonds. The molecule has 2 rings (SSSR count). The van der Waals surface area contributed by atoms with Gasteiger partial charge in [-0.05, 0) is 37.0 Å². The Morgan fingerprint density at radius 1 is 1.53 bits per heavy atom. The number of ketones is 1. The van der Waals surface area contributed by atoms with Gasteiger partial charge in [0.2, 0.25) is 0 Å². The summed E-state index contributed by atoms with van der Waals surface area (Å²) < 4.78 is 13.0. The molecule has 0 spiro atoms. The molecule has 0 aliphatic heterocycles. The fraction of sp³-hybridized carbons (Fsp3) is 0.462. The summed E-state index contributed by atoms with van der Waals surface area (Å²) in [5, 5.41) is 0. The maximum absolute atomic E-state index is 13.0. The zero-order valence-corrected chi connectivity index (χ0v) is 9.09. The van der Waals surface area contributed by atoms with Gasteiger partial charge < -0.3 is 0 Å². The maximum Gasteiger partial charge on any atom is 0.166 e. The van der Waals surface area contributed by atoms with Crippen LogP contribution < -0.4 is 0 Å². The molecule has 0 unspecified atom stereocenters. The fourth-order valence-electron chi connectivity index (χ4n) is 2.08. The molecule has 0 saturated heterocycles. The van der Waals surface area contributed by atoms with Gasteiger partial charge in [0.05, 0.1) is 0 Å². The summed E-state index contributed by atoms with van der Waals surface area (Å²) in [6, 6.07) is 4.44. The van der Waals surface area contributed by atoms with Gasteiger partial charge in [-0.1, -0.05) is 19.4 Å². The van der Waals surface area contributed by atoms with Gasteiger partial charge in [-0.3, -0.25) is 4.79 Å². The van der Waals surface area contributed by atoms with Crippen molar-refractivity contribution in [2.45, 2.75) is 26.7 Å². The van der Waals surface area contributed by atoms with E-state index < -0.39 is 0 Å². The second-order valence-electron chi connectivity index (χ2n) is 4.33. The van der Waals surface area contributed by atoms with Crippen molar-refractivity contribution in [1.29, 1.82) is 0 Å². The van der Waals surface area contributed by atoms with E-state index in [1.807, 2.05) is 6.92 Å². The normalized spacial score (nSPS) is 23.9. The zero-order valence-electron chi connectivity index (χ0n) is 9.09. The van der Waals surface area contributed by atoms with Gasteiger partial charge in [0, 0.05) is 11.5 Å². The lowest BCUT2D eigenvalue weighted by atomic mass is 10.0. The van der Waals surface area contributed by atoms with Crippen LogP contribution >= 0.6 is 0 Å². The summed E-state index contributed by atoms with van der Waals surface area (Å²) in [5.41, 5.74) is 1.44. The van der Waals surface area contributed by atoms with Gasteiger partial charge >= 0.3 is 0 Å². The number of rotatable bonds is 3. The Morgan fingerprint density at radius 3 is 2.87 bits per heavy atom. The van der Waals surface area contributed by atoms with Crippen molar-refractivity contribution in [3.8, 4) is 0 Å². The molecule has 2 heteroatoms. The smallest absolute Gasteiger partial charge is 0.166 e. The number of carbonyl (C=O) groups is 1. The summed E-state index contributed by atoms with van der Waals surface area (Å²) in [5.74, 6) is 0.479. The molecular weight excluding hydrogens is 191 g/mol. The molecule has 0 bridgehead atoms. The molecule has 1 nitrogen and oxygen atoms in total. The average molecular weight is 206 g/mol. The highest BCUT2D eigenvalue weighted by molar-refractivity contribution is 6.00. The van der Waals surface area contributed by atoms with Crippen LogP contribution in [0.25, 0.3) is 0 Å². The lowest BCUT2D eigenvalue weighted by molar-refractivity contribution is 0.0959. The van der Waals surface area contributed by atoms with Gasteiger partial charge in [0.15, 0.2) is 5.78 Å². The van der Waals surface area contributed by atoms with Crippen LogP contribution in [0.4, 0.5) is 4.39 Å². The van der Waals surface area contributed by atoms with E-state index in [1.54, 1.807) is 6.07 Å². The number of Topliss-reactive ketones (excluding diaryl/α,β-unsaturated/α-hetero) is 1. The summed E-state index contributed by atoms with van der Waals surface area (Å²) in [6.45, 7) is 3.95. The summed E-state index contributed by atoms with van der Waals surface area (Å²) in [6.07, 6.45) is 2.02. The van der Waals surface area contributed by atoms with Crippen molar-refractivity contribution in [3.63, 3.8) is 0 Å². The van der Waals surface area contributed by atoms with E-state index in [4.69, 9.17) is 0 Å². The number of halogens is 1. The van der Waals surface area contributed by atoms with Crippen molar-refractivity contribution in [2.24, 2.45) is 11.8 Å². The third kappa shape index (κ3) is 1.94. The molecule has 1 aliphatic carbocycles. The minimum absolute atomic E-state index is 0.124. The van der Waals surface area contributed by atoms with Crippen molar-refractivity contribution >= 4 is 5.78 Å². The SMILES string of the molecule is CC[C@@H]1C[C@H]1C(=O)c1cc(F)ccc1C. The van der Waals surface area contributed by atoms with Crippen molar-refractivity contribution in [3.05, 3.63) is 35.1 Å². The summed E-state index contributed by atoms with van der Waals surface area (Å²) in [4.78, 5) is 12.0. The van der Waals surface area contributed by atoms with E-state index in [2.05, 4.69) is 6.92 Å². The molecule has 1 aliphatic rings. The van der Waals surface area contributed by atoms with E-state index in [9.17, 15) is 9.18 Å². The lowest BCUT2D eigenvalue weighted by Gasteiger charge is -2.04. The Bertz CT molecular complexity index is 398. The van der Waals surface area contributed by atoms with E-state index in [-0.39, 0.29) is 17.5 Å². The molecule has 80 valence electrons. The number of carbonyl (C=O) groups excluding carboxylic acids is 1. The monoisotopic (exact) mass is 206 g/mol. The molecular formula is C13H15FO. The van der Waals surface area contributed by atoms with Gasteiger partial charge in [-0.25, -0.2) is 4.39 Å². The van der Waals surface area contributed by atoms with Crippen LogP contribution in [0.5, 0.6) is 0 Å². The minimum Gasteiger partial charge on any atom is -0.294 e. The Kier molecular flexibility index (Phi) is 2.59. The van der Waals surface area contributed by atoms with Crippen molar-refractivity contribution < 1.29 is 9.18 Å². The minimum atomic E-state index is -0.322. The highest BCUT2D eigenvalue weighted by atomic mass is 19.1. The predicted molar refractivity (Wildman–Crippen MR) is 57.4 cm³/mol. The van der Waals surface area contributed by atoms with Gasteiger partial charge in [-0.2, -0.15) is 0 Å². The first-order valence-electron chi connectivity index (χ1n) is 5.44. The third-order valence-electron chi connectivity index (χ3n) is 3.25. The van der Waals surface area contributed by atoms with Gasteiger partial charge in [0.25, 0.3) is 0 Å². The second-order valence-corrected chi connectivity index (χ2v) is 4.33. The highest BCUT2D eigenvalue weighted by Crippen LogP contribution is 2.43. The molecule has 0 radical (unpaired) electrons. The molecule has 1 aromatic carbocycles. The predicted octanol–water partition coefficient (Wildman–Crippen LogP) is 3.36. The van der Waals surface area contributed by atoms with Crippen LogP contribution in [-0.4, -0.2) is 5.78 Å². The van der Waals surface area contributed by atoms with Crippen LogP contribution in [0.2, 0.25) is 0 Å². The largest absolute Gasteiger partial charge is 0.294 e. The standard InChI is InChI=1S/C13H15FO/c1-3-9-6-12(9)13(15)11-7-10(14)5-4-8(11)2/h4-5,7,9,12H,3,6H2,1-2H3/t9-,12-/m1/s1. The first-order valence-corrected chi connectivity index (χ1v) is 5.44. The molecule has 0 N–H and O–H groups in total. The van der Waals surface area contributed by atoms with E-state index in [1.165, 1.54) is 12.1 Å². The number of hydrogen-bond donors (Lipinski definition) is 0. The van der Waals surface area contributed by atoms with Crippen LogP contribution in [-0.2, 0) is 0 Å². The molecule has 1 aromatic rings. The van der Waals surface area contributed by atoms with E-state index in [0.29, 0.717) is 11.5 Å². The highest BCUT2D eigenvalue weighted by Gasteiger charge is 2.41. The van der Waals surface area contributed by atoms with Crippen molar-refractivity contribution in [1.82, 2.24) is 0 Å². The lowest BCUT2D eigenvalue weighted by Crippen LogP contribution is -2.06. The third-order valence-corrected chi connectivity index (χ3v) is 3.25. The number of hydrogen-bond acceptors (Lipinski definition) is 1.